The number of fused-ring (bicyclic) bond motifs is 1. The van der Waals surface area contributed by atoms with Gasteiger partial charge in [0.15, 0.2) is 11.5 Å². The summed E-state index contributed by atoms with van der Waals surface area (Å²) in [4.78, 5) is 12.0. The van der Waals surface area contributed by atoms with Gasteiger partial charge in [-0.25, -0.2) is 5.43 Å². The molecule has 6 heteroatoms. The molecule has 2 aromatic carbocycles. The van der Waals surface area contributed by atoms with Crippen molar-refractivity contribution in [2.45, 2.75) is 19.3 Å². The minimum Gasteiger partial charge on any atom is -0.493 e. The number of rotatable bonds is 8. The predicted octanol–water partition coefficient (Wildman–Crippen LogP) is 4.39. The summed E-state index contributed by atoms with van der Waals surface area (Å²) < 4.78 is 11.7. The summed E-state index contributed by atoms with van der Waals surface area (Å²) in [7, 11) is 3.23. The summed E-state index contributed by atoms with van der Waals surface area (Å²) in [5.41, 5.74) is 4.72. The first-order valence-corrected chi connectivity index (χ1v) is 9.58. The molecular formula is C21H22N2O3S. The van der Waals surface area contributed by atoms with Crippen molar-refractivity contribution in [1.29, 1.82) is 0 Å². The van der Waals surface area contributed by atoms with E-state index in [9.17, 15) is 4.79 Å². The fourth-order valence-corrected chi connectivity index (χ4v) is 3.73. The van der Waals surface area contributed by atoms with Crippen LogP contribution in [0.4, 0.5) is 0 Å². The van der Waals surface area contributed by atoms with Crippen molar-refractivity contribution in [3.63, 3.8) is 0 Å². The van der Waals surface area contributed by atoms with Gasteiger partial charge < -0.3 is 9.47 Å². The van der Waals surface area contributed by atoms with Crippen LogP contribution in [0.1, 0.15) is 24.0 Å². The van der Waals surface area contributed by atoms with Crippen LogP contribution in [0.2, 0.25) is 0 Å². The van der Waals surface area contributed by atoms with Crippen molar-refractivity contribution in [3.8, 4) is 11.5 Å². The largest absolute Gasteiger partial charge is 0.493 e. The van der Waals surface area contributed by atoms with Gasteiger partial charge in [0.25, 0.3) is 0 Å². The van der Waals surface area contributed by atoms with E-state index >= 15 is 0 Å². The molecule has 27 heavy (non-hydrogen) atoms. The summed E-state index contributed by atoms with van der Waals surface area (Å²) >= 11 is 1.67. The Morgan fingerprint density at radius 2 is 1.96 bits per heavy atom. The van der Waals surface area contributed by atoms with Gasteiger partial charge in [-0.15, -0.1) is 11.3 Å². The molecule has 3 aromatic rings. The van der Waals surface area contributed by atoms with Gasteiger partial charge in [-0.2, -0.15) is 5.10 Å². The first-order chi connectivity index (χ1) is 13.2. The van der Waals surface area contributed by atoms with E-state index in [0.717, 1.165) is 29.4 Å². The van der Waals surface area contributed by atoms with Gasteiger partial charge in [0, 0.05) is 27.5 Å². The van der Waals surface area contributed by atoms with E-state index in [1.165, 1.54) is 4.70 Å². The summed E-state index contributed by atoms with van der Waals surface area (Å²) in [6.07, 6.45) is 3.63. The normalized spacial score (nSPS) is 11.0. The van der Waals surface area contributed by atoms with Crippen molar-refractivity contribution < 1.29 is 14.3 Å². The van der Waals surface area contributed by atoms with E-state index in [1.54, 1.807) is 31.8 Å². The quantitative estimate of drug-likeness (QED) is 0.464. The zero-order valence-electron chi connectivity index (χ0n) is 15.4. The maximum Gasteiger partial charge on any atom is 0.240 e. The molecule has 0 bridgehead atoms. The van der Waals surface area contributed by atoms with Gasteiger partial charge in [-0.3, -0.25) is 4.79 Å². The van der Waals surface area contributed by atoms with Crippen LogP contribution in [-0.2, 0) is 11.2 Å². The molecular weight excluding hydrogens is 360 g/mol. The molecule has 3 rings (SSSR count). The molecule has 1 N–H and O–H groups in total. The van der Waals surface area contributed by atoms with Crippen LogP contribution in [0, 0.1) is 0 Å². The Morgan fingerprint density at radius 3 is 2.78 bits per heavy atom. The maximum atomic E-state index is 12.0. The number of nitrogens with zero attached hydrogens (tertiary/aromatic N) is 1. The molecule has 0 aliphatic carbocycles. The SMILES string of the molecule is COc1ccc(CCCC(=O)N/N=C/c2csc3ccccc23)cc1OC. The molecule has 140 valence electrons. The molecule has 0 atom stereocenters. The van der Waals surface area contributed by atoms with Crippen LogP contribution in [0.5, 0.6) is 11.5 Å². The molecule has 1 amide bonds. The second-order valence-electron chi connectivity index (χ2n) is 6.02. The smallest absolute Gasteiger partial charge is 0.240 e. The first kappa shape index (κ1) is 18.9. The van der Waals surface area contributed by atoms with E-state index in [4.69, 9.17) is 9.47 Å². The lowest BCUT2D eigenvalue weighted by atomic mass is 10.1. The lowest BCUT2D eigenvalue weighted by Crippen LogP contribution is -2.17. The van der Waals surface area contributed by atoms with Gasteiger partial charge in [-0.1, -0.05) is 24.3 Å². The van der Waals surface area contributed by atoms with E-state index in [0.29, 0.717) is 17.9 Å². The number of amides is 1. The number of hydrazone groups is 1. The Labute approximate surface area is 162 Å². The Bertz CT molecular complexity index is 950. The number of aryl methyl sites for hydroxylation is 1. The topological polar surface area (TPSA) is 59.9 Å². The lowest BCUT2D eigenvalue weighted by Gasteiger charge is -2.09. The lowest BCUT2D eigenvalue weighted by molar-refractivity contribution is -0.121. The first-order valence-electron chi connectivity index (χ1n) is 8.70. The third kappa shape index (κ3) is 4.86. The fourth-order valence-electron chi connectivity index (χ4n) is 2.82. The Balaban J connectivity index is 1.47. The number of ether oxygens (including phenoxy) is 2. The van der Waals surface area contributed by atoms with Crippen molar-refractivity contribution in [1.82, 2.24) is 5.43 Å². The number of methoxy groups -OCH3 is 2. The van der Waals surface area contributed by atoms with E-state index in [2.05, 4.69) is 22.7 Å². The van der Waals surface area contributed by atoms with Crippen molar-refractivity contribution in [3.05, 3.63) is 59.0 Å². The molecule has 1 heterocycles. The highest BCUT2D eigenvalue weighted by molar-refractivity contribution is 7.17. The van der Waals surface area contributed by atoms with Crippen molar-refractivity contribution in [2.75, 3.05) is 14.2 Å². The van der Waals surface area contributed by atoms with Gasteiger partial charge in [0.05, 0.1) is 20.4 Å². The fraction of sp³-hybridized carbons (Fsp3) is 0.238. The highest BCUT2D eigenvalue weighted by atomic mass is 32.1. The standard InChI is InChI=1S/C21H22N2O3S/c1-25-18-11-10-15(12-19(18)26-2)6-5-9-21(24)23-22-13-16-14-27-20-8-4-3-7-17(16)20/h3-4,7-8,10-14H,5-6,9H2,1-2H3,(H,23,24)/b22-13+. The minimum absolute atomic E-state index is 0.0914. The summed E-state index contributed by atoms with van der Waals surface area (Å²) in [5.74, 6) is 1.31. The third-order valence-corrected chi connectivity index (χ3v) is 5.20. The molecule has 0 fully saturated rings. The summed E-state index contributed by atoms with van der Waals surface area (Å²) in [5, 5.41) is 7.27. The molecule has 0 saturated carbocycles. The zero-order chi connectivity index (χ0) is 19.1. The highest BCUT2D eigenvalue weighted by Gasteiger charge is 2.06. The Hall–Kier alpha value is -2.86. The van der Waals surface area contributed by atoms with E-state index in [-0.39, 0.29) is 5.91 Å². The summed E-state index contributed by atoms with van der Waals surface area (Å²) in [6.45, 7) is 0. The van der Waals surface area contributed by atoms with Crippen molar-refractivity contribution in [2.24, 2.45) is 5.10 Å². The molecule has 0 unspecified atom stereocenters. The number of benzene rings is 2. The molecule has 1 aromatic heterocycles. The number of thiophene rings is 1. The number of nitrogens with one attached hydrogen (secondary N) is 1. The Morgan fingerprint density at radius 1 is 1.15 bits per heavy atom. The van der Waals surface area contributed by atoms with Crippen LogP contribution < -0.4 is 14.9 Å². The number of hydrogen-bond acceptors (Lipinski definition) is 5. The van der Waals surface area contributed by atoms with Crippen LogP contribution in [0.3, 0.4) is 0 Å². The third-order valence-electron chi connectivity index (χ3n) is 4.22. The minimum atomic E-state index is -0.0914. The molecule has 0 aliphatic rings. The second kappa shape index (κ2) is 9.19. The highest BCUT2D eigenvalue weighted by Crippen LogP contribution is 2.28. The van der Waals surface area contributed by atoms with Crippen LogP contribution in [-0.4, -0.2) is 26.3 Å². The summed E-state index contributed by atoms with van der Waals surface area (Å²) in [6, 6.07) is 13.9. The van der Waals surface area contributed by atoms with Gasteiger partial charge in [0.1, 0.15) is 0 Å². The molecule has 0 saturated heterocycles. The van der Waals surface area contributed by atoms with Gasteiger partial charge >= 0.3 is 0 Å². The average Bonchev–Trinajstić information content (AvgIpc) is 3.11. The predicted molar refractivity (Wildman–Crippen MR) is 110 cm³/mol. The Kier molecular flexibility index (Phi) is 6.44. The average molecular weight is 382 g/mol. The second-order valence-corrected chi connectivity index (χ2v) is 6.93. The zero-order valence-corrected chi connectivity index (χ0v) is 16.2. The van der Waals surface area contributed by atoms with E-state index < -0.39 is 0 Å². The van der Waals surface area contributed by atoms with Gasteiger partial charge in [0.2, 0.25) is 5.91 Å². The maximum absolute atomic E-state index is 12.0. The molecule has 0 aliphatic heterocycles. The van der Waals surface area contributed by atoms with E-state index in [1.807, 2.05) is 35.7 Å². The molecule has 0 radical (unpaired) electrons. The number of hydrogen-bond donors (Lipinski definition) is 1. The van der Waals surface area contributed by atoms with Crippen molar-refractivity contribution >= 4 is 33.5 Å². The van der Waals surface area contributed by atoms with Crippen LogP contribution in [0.15, 0.2) is 52.9 Å². The number of carbonyl (C=O) groups excluding carboxylic acids is 1. The van der Waals surface area contributed by atoms with Crippen LogP contribution >= 0.6 is 11.3 Å². The van der Waals surface area contributed by atoms with Crippen LogP contribution in [0.25, 0.3) is 10.1 Å². The number of carbonyl (C=O) groups is 1. The molecule has 5 nitrogen and oxygen atoms in total. The monoisotopic (exact) mass is 382 g/mol. The molecule has 0 spiro atoms. The van der Waals surface area contributed by atoms with Gasteiger partial charge in [-0.05, 0) is 36.6 Å².